The molecule has 1 aromatic carbocycles. The summed E-state index contributed by atoms with van der Waals surface area (Å²) in [7, 11) is 0. The van der Waals surface area contributed by atoms with Gasteiger partial charge in [0.15, 0.2) is 0 Å². The van der Waals surface area contributed by atoms with E-state index in [4.69, 9.17) is 0 Å². The summed E-state index contributed by atoms with van der Waals surface area (Å²) >= 11 is 3.40. The molecule has 1 aliphatic heterocycles. The zero-order valence-corrected chi connectivity index (χ0v) is 15.6. The van der Waals surface area contributed by atoms with E-state index in [2.05, 4.69) is 34.4 Å². The molecular formula is C18H20BrN3O3. The topological polar surface area (TPSA) is 69.7 Å². The molecule has 0 aliphatic carbocycles. The van der Waals surface area contributed by atoms with Crippen molar-refractivity contribution in [3.8, 4) is 0 Å². The third-order valence-corrected chi connectivity index (χ3v) is 4.72. The van der Waals surface area contributed by atoms with Crippen molar-refractivity contribution in [1.82, 2.24) is 15.1 Å². The highest BCUT2D eigenvalue weighted by molar-refractivity contribution is 9.10. The molecule has 1 heterocycles. The van der Waals surface area contributed by atoms with Gasteiger partial charge in [-0.05, 0) is 13.0 Å². The molecule has 0 bridgehead atoms. The van der Waals surface area contributed by atoms with Crippen LogP contribution in [-0.2, 0) is 15.1 Å². The van der Waals surface area contributed by atoms with Gasteiger partial charge in [0.25, 0.3) is 5.91 Å². The summed E-state index contributed by atoms with van der Waals surface area (Å²) in [6, 6.07) is 6.57. The molecule has 2 rings (SSSR count). The Morgan fingerprint density at radius 2 is 1.88 bits per heavy atom. The highest BCUT2D eigenvalue weighted by atomic mass is 79.9. The van der Waals surface area contributed by atoms with E-state index in [1.165, 1.54) is 4.90 Å². The number of carbonyl (C=O) groups excluding carboxylic acids is 3. The second kappa shape index (κ2) is 7.65. The van der Waals surface area contributed by atoms with Gasteiger partial charge in [-0.2, -0.15) is 0 Å². The number of benzene rings is 1. The van der Waals surface area contributed by atoms with Crippen LogP contribution in [0.25, 0.3) is 0 Å². The molecule has 0 unspecified atom stereocenters. The maximum absolute atomic E-state index is 12.9. The summed E-state index contributed by atoms with van der Waals surface area (Å²) in [4.78, 5) is 40.0. The first-order chi connectivity index (χ1) is 11.8. The van der Waals surface area contributed by atoms with Crippen molar-refractivity contribution in [3.63, 3.8) is 0 Å². The number of hydrogen-bond donors (Lipinski definition) is 1. The van der Waals surface area contributed by atoms with Crippen molar-refractivity contribution in [2.75, 3.05) is 19.6 Å². The van der Waals surface area contributed by atoms with E-state index in [1.807, 2.05) is 6.07 Å². The van der Waals surface area contributed by atoms with Crippen LogP contribution in [0.5, 0.6) is 0 Å². The van der Waals surface area contributed by atoms with Crippen LogP contribution in [0.2, 0.25) is 0 Å². The molecule has 6 nitrogen and oxygen atoms in total. The zero-order valence-electron chi connectivity index (χ0n) is 14.0. The van der Waals surface area contributed by atoms with Crippen LogP contribution < -0.4 is 5.32 Å². The fourth-order valence-corrected chi connectivity index (χ4v) is 3.40. The second-order valence-corrected chi connectivity index (χ2v) is 6.66. The average molecular weight is 406 g/mol. The third kappa shape index (κ3) is 3.66. The van der Waals surface area contributed by atoms with Crippen LogP contribution in [0.4, 0.5) is 4.79 Å². The first-order valence-corrected chi connectivity index (χ1v) is 8.53. The Kier molecular flexibility index (Phi) is 5.79. The Balaban J connectivity index is 2.24. The number of halogens is 1. The quantitative estimate of drug-likeness (QED) is 0.559. The summed E-state index contributed by atoms with van der Waals surface area (Å²) in [5, 5.41) is 2.69. The SMILES string of the molecule is C=CCN(CC=C)C(=O)CN1C(=O)N[C@](C)(c2ccccc2Br)C1=O. The first kappa shape index (κ1) is 18.9. The van der Waals surface area contributed by atoms with Crippen molar-refractivity contribution in [3.05, 3.63) is 59.6 Å². The summed E-state index contributed by atoms with van der Waals surface area (Å²) in [6.07, 6.45) is 3.16. The van der Waals surface area contributed by atoms with Gasteiger partial charge in [0, 0.05) is 23.1 Å². The lowest BCUT2D eigenvalue weighted by Gasteiger charge is -2.24. The van der Waals surface area contributed by atoms with Crippen molar-refractivity contribution < 1.29 is 14.4 Å². The Hall–Kier alpha value is -2.41. The molecule has 25 heavy (non-hydrogen) atoms. The van der Waals surface area contributed by atoms with Gasteiger partial charge in [-0.15, -0.1) is 13.2 Å². The standard InChI is InChI=1S/C18H20BrN3O3/c1-4-10-21(11-5-2)15(23)12-22-16(24)18(3,20-17(22)25)13-8-6-7-9-14(13)19/h4-9H,1-2,10-12H2,3H3,(H,20,25)/t18-/m1/s1. The van der Waals surface area contributed by atoms with Gasteiger partial charge >= 0.3 is 6.03 Å². The summed E-state index contributed by atoms with van der Waals surface area (Å²) < 4.78 is 0.708. The van der Waals surface area contributed by atoms with Crippen molar-refractivity contribution >= 4 is 33.8 Å². The van der Waals surface area contributed by atoms with Crippen LogP contribution >= 0.6 is 15.9 Å². The van der Waals surface area contributed by atoms with Gasteiger partial charge in [0.05, 0.1) is 0 Å². The normalized spacial score (nSPS) is 19.5. The number of nitrogens with one attached hydrogen (secondary N) is 1. The molecular weight excluding hydrogens is 386 g/mol. The number of carbonyl (C=O) groups is 3. The zero-order chi connectivity index (χ0) is 18.6. The van der Waals surface area contributed by atoms with Crippen molar-refractivity contribution in [1.29, 1.82) is 0 Å². The third-order valence-electron chi connectivity index (χ3n) is 4.03. The van der Waals surface area contributed by atoms with E-state index in [0.717, 1.165) is 4.90 Å². The summed E-state index contributed by atoms with van der Waals surface area (Å²) in [5.74, 6) is -0.811. The Morgan fingerprint density at radius 1 is 1.28 bits per heavy atom. The van der Waals surface area contributed by atoms with Gasteiger partial charge < -0.3 is 10.2 Å². The van der Waals surface area contributed by atoms with Crippen molar-refractivity contribution in [2.24, 2.45) is 0 Å². The lowest BCUT2D eigenvalue weighted by atomic mass is 9.92. The minimum Gasteiger partial charge on any atom is -0.334 e. The van der Waals surface area contributed by atoms with Crippen LogP contribution in [0, 0.1) is 0 Å². The molecule has 1 fully saturated rings. The van der Waals surface area contributed by atoms with Gasteiger partial charge in [-0.3, -0.25) is 14.5 Å². The Labute approximate surface area is 155 Å². The van der Waals surface area contributed by atoms with Gasteiger partial charge in [0.2, 0.25) is 5.91 Å². The van der Waals surface area contributed by atoms with Crippen LogP contribution in [0.3, 0.4) is 0 Å². The number of urea groups is 1. The lowest BCUT2D eigenvalue weighted by molar-refractivity contribution is -0.138. The van der Waals surface area contributed by atoms with Crippen LogP contribution in [0.15, 0.2) is 54.0 Å². The van der Waals surface area contributed by atoms with E-state index in [0.29, 0.717) is 23.1 Å². The molecule has 1 atom stereocenters. The van der Waals surface area contributed by atoms with Gasteiger partial charge in [0.1, 0.15) is 12.1 Å². The number of amides is 4. The van der Waals surface area contributed by atoms with Gasteiger partial charge in [-0.1, -0.05) is 46.3 Å². The fraction of sp³-hybridized carbons (Fsp3) is 0.278. The second-order valence-electron chi connectivity index (χ2n) is 5.80. The predicted molar refractivity (Wildman–Crippen MR) is 98.7 cm³/mol. The number of hydrogen-bond acceptors (Lipinski definition) is 3. The summed E-state index contributed by atoms with van der Waals surface area (Å²) in [5.41, 5.74) is -0.587. The molecule has 0 aromatic heterocycles. The number of imide groups is 1. The molecule has 132 valence electrons. The molecule has 0 saturated carbocycles. The monoisotopic (exact) mass is 405 g/mol. The summed E-state index contributed by atoms with van der Waals surface area (Å²) in [6.45, 7) is 9.14. The van der Waals surface area contributed by atoms with E-state index in [-0.39, 0.29) is 12.5 Å². The molecule has 7 heteroatoms. The molecule has 4 amide bonds. The highest BCUT2D eigenvalue weighted by Crippen LogP contribution is 2.33. The minimum atomic E-state index is -1.22. The maximum atomic E-state index is 12.9. The Morgan fingerprint density at radius 3 is 2.44 bits per heavy atom. The molecule has 1 aliphatic rings. The molecule has 1 N–H and O–H groups in total. The van der Waals surface area contributed by atoms with E-state index in [1.54, 1.807) is 37.3 Å². The van der Waals surface area contributed by atoms with Gasteiger partial charge in [-0.25, -0.2) is 4.79 Å². The molecule has 1 aromatic rings. The fourth-order valence-electron chi connectivity index (χ4n) is 2.71. The van der Waals surface area contributed by atoms with Crippen LogP contribution in [0.1, 0.15) is 12.5 Å². The number of nitrogens with zero attached hydrogens (tertiary/aromatic N) is 2. The average Bonchev–Trinajstić information content (AvgIpc) is 2.79. The highest BCUT2D eigenvalue weighted by Gasteiger charge is 2.50. The first-order valence-electron chi connectivity index (χ1n) is 7.73. The maximum Gasteiger partial charge on any atom is 0.325 e. The number of rotatable bonds is 7. The lowest BCUT2D eigenvalue weighted by Crippen LogP contribution is -2.44. The van der Waals surface area contributed by atoms with Crippen molar-refractivity contribution in [2.45, 2.75) is 12.5 Å². The van der Waals surface area contributed by atoms with E-state index in [9.17, 15) is 14.4 Å². The molecule has 0 radical (unpaired) electrons. The van der Waals surface area contributed by atoms with E-state index >= 15 is 0 Å². The smallest absolute Gasteiger partial charge is 0.325 e. The molecule has 0 spiro atoms. The molecule has 1 saturated heterocycles. The largest absolute Gasteiger partial charge is 0.334 e. The van der Waals surface area contributed by atoms with Crippen LogP contribution in [-0.4, -0.2) is 47.3 Å². The minimum absolute atomic E-state index is 0.315. The van der Waals surface area contributed by atoms with E-state index < -0.39 is 17.5 Å². The Bertz CT molecular complexity index is 724. The predicted octanol–water partition coefficient (Wildman–Crippen LogP) is 2.42.